The number of benzene rings is 1. The van der Waals surface area contributed by atoms with Gasteiger partial charge in [0.05, 0.1) is 12.6 Å². The lowest BCUT2D eigenvalue weighted by atomic mass is 9.84. The van der Waals surface area contributed by atoms with Crippen molar-refractivity contribution in [3.05, 3.63) is 35.4 Å². The molecule has 3 N–H and O–H groups in total. The van der Waals surface area contributed by atoms with Crippen molar-refractivity contribution >= 4 is 29.9 Å². The van der Waals surface area contributed by atoms with E-state index in [1.165, 1.54) is 11.1 Å². The molecule has 1 aliphatic heterocycles. The van der Waals surface area contributed by atoms with Crippen molar-refractivity contribution in [2.45, 2.75) is 25.8 Å². The number of aryl methyl sites for hydroxylation is 1. The molecule has 0 aromatic heterocycles. The van der Waals surface area contributed by atoms with Crippen molar-refractivity contribution in [3.8, 4) is 0 Å². The number of rotatable bonds is 8. The number of aliphatic hydroxyl groups is 1. The highest BCUT2D eigenvalue weighted by atomic mass is 127. The summed E-state index contributed by atoms with van der Waals surface area (Å²) in [4.78, 5) is 6.56. The van der Waals surface area contributed by atoms with Crippen LogP contribution in [-0.4, -0.2) is 70.0 Å². The summed E-state index contributed by atoms with van der Waals surface area (Å²) in [5.41, 5.74) is 2.55. The Kier molecular flexibility index (Phi) is 10.6. The van der Waals surface area contributed by atoms with E-state index in [2.05, 4.69) is 65.8 Å². The van der Waals surface area contributed by atoms with Gasteiger partial charge in [-0.2, -0.15) is 0 Å². The van der Waals surface area contributed by atoms with Gasteiger partial charge >= 0.3 is 0 Å². The second-order valence-corrected chi connectivity index (χ2v) is 7.47. The van der Waals surface area contributed by atoms with Gasteiger partial charge in [0.25, 0.3) is 0 Å². The molecule has 0 amide bonds. The lowest BCUT2D eigenvalue weighted by Gasteiger charge is -2.29. The predicted molar refractivity (Wildman–Crippen MR) is 122 cm³/mol. The van der Waals surface area contributed by atoms with Crippen molar-refractivity contribution in [2.75, 3.05) is 54.1 Å². The standard InChI is InChI=1S/C20H34N4O2.HI/c1-16-5-7-17(8-6-16)18(24(3)4)13-22-19(21-2)23-14-20(9-11-25)10-12-26-15-20;/h5-8,18,25H,9-15H2,1-4H3,(H2,21,22,23);1H. The maximum Gasteiger partial charge on any atom is 0.191 e. The minimum absolute atomic E-state index is 0. The van der Waals surface area contributed by atoms with Gasteiger partial charge in [0.2, 0.25) is 0 Å². The van der Waals surface area contributed by atoms with Gasteiger partial charge in [-0.3, -0.25) is 4.99 Å². The van der Waals surface area contributed by atoms with Crippen molar-refractivity contribution in [3.63, 3.8) is 0 Å². The van der Waals surface area contributed by atoms with Gasteiger partial charge in [-0.05, 0) is 39.4 Å². The normalized spacial score (nSPS) is 21.0. The second-order valence-electron chi connectivity index (χ2n) is 7.47. The molecule has 0 radical (unpaired) electrons. The van der Waals surface area contributed by atoms with Crippen molar-refractivity contribution in [1.29, 1.82) is 0 Å². The molecule has 7 heteroatoms. The maximum absolute atomic E-state index is 9.36. The smallest absolute Gasteiger partial charge is 0.191 e. The zero-order valence-electron chi connectivity index (χ0n) is 17.0. The number of halogens is 1. The Bertz CT molecular complexity index is 572. The Morgan fingerprint density at radius 3 is 2.52 bits per heavy atom. The van der Waals surface area contributed by atoms with Gasteiger partial charge in [-0.25, -0.2) is 0 Å². The predicted octanol–water partition coefficient (Wildman–Crippen LogP) is 2.17. The van der Waals surface area contributed by atoms with Crippen molar-refractivity contribution in [1.82, 2.24) is 15.5 Å². The summed E-state index contributed by atoms with van der Waals surface area (Å²) in [6.45, 7) is 5.27. The summed E-state index contributed by atoms with van der Waals surface area (Å²) in [5.74, 6) is 0.785. The van der Waals surface area contributed by atoms with Crippen LogP contribution in [0.3, 0.4) is 0 Å². The Morgan fingerprint density at radius 1 is 1.30 bits per heavy atom. The number of hydrogen-bond donors (Lipinski definition) is 3. The fraction of sp³-hybridized carbons (Fsp3) is 0.650. The summed E-state index contributed by atoms with van der Waals surface area (Å²) in [5, 5.41) is 16.2. The van der Waals surface area contributed by atoms with Gasteiger partial charge < -0.3 is 25.4 Å². The molecule has 154 valence electrons. The summed E-state index contributed by atoms with van der Waals surface area (Å²) < 4.78 is 5.56. The van der Waals surface area contributed by atoms with Gasteiger partial charge in [0, 0.05) is 38.8 Å². The Balaban J connectivity index is 0.00000364. The molecule has 1 aromatic carbocycles. The Labute approximate surface area is 180 Å². The first-order valence-corrected chi connectivity index (χ1v) is 9.36. The quantitative estimate of drug-likeness (QED) is 0.296. The highest BCUT2D eigenvalue weighted by Crippen LogP contribution is 2.31. The van der Waals surface area contributed by atoms with Crippen LogP contribution in [-0.2, 0) is 4.74 Å². The van der Waals surface area contributed by atoms with E-state index in [0.29, 0.717) is 6.61 Å². The minimum Gasteiger partial charge on any atom is -0.396 e. The molecule has 0 saturated carbocycles. The van der Waals surface area contributed by atoms with E-state index in [1.807, 2.05) is 0 Å². The largest absolute Gasteiger partial charge is 0.396 e. The van der Waals surface area contributed by atoms with Crippen LogP contribution < -0.4 is 10.6 Å². The summed E-state index contributed by atoms with van der Waals surface area (Å²) >= 11 is 0. The number of likely N-dealkylation sites (N-methyl/N-ethyl adjacent to an activating group) is 1. The molecule has 1 aromatic rings. The average molecular weight is 490 g/mol. The first kappa shape index (κ1) is 24.1. The van der Waals surface area contributed by atoms with E-state index in [1.54, 1.807) is 7.05 Å². The van der Waals surface area contributed by atoms with Crippen LogP contribution in [0.15, 0.2) is 29.3 Å². The average Bonchev–Trinajstić information content (AvgIpc) is 3.08. The molecule has 1 fully saturated rings. The van der Waals surface area contributed by atoms with Crippen molar-refractivity contribution < 1.29 is 9.84 Å². The van der Waals surface area contributed by atoms with Crippen LogP contribution >= 0.6 is 24.0 Å². The lowest BCUT2D eigenvalue weighted by Crippen LogP contribution is -2.46. The molecule has 2 rings (SSSR count). The monoisotopic (exact) mass is 490 g/mol. The molecule has 1 heterocycles. The first-order valence-electron chi connectivity index (χ1n) is 9.36. The van der Waals surface area contributed by atoms with Gasteiger partial charge in [-0.1, -0.05) is 29.8 Å². The molecule has 0 spiro atoms. The van der Waals surface area contributed by atoms with E-state index >= 15 is 0 Å². The highest BCUT2D eigenvalue weighted by molar-refractivity contribution is 14.0. The number of ether oxygens (including phenoxy) is 1. The van der Waals surface area contributed by atoms with Crippen LogP contribution in [0.1, 0.15) is 30.0 Å². The van der Waals surface area contributed by atoms with E-state index in [9.17, 15) is 5.11 Å². The lowest BCUT2D eigenvalue weighted by molar-refractivity contribution is 0.127. The van der Waals surface area contributed by atoms with E-state index in [4.69, 9.17) is 4.74 Å². The topological polar surface area (TPSA) is 69.1 Å². The van der Waals surface area contributed by atoms with E-state index in [-0.39, 0.29) is 42.0 Å². The zero-order valence-corrected chi connectivity index (χ0v) is 19.3. The van der Waals surface area contributed by atoms with Crippen molar-refractivity contribution in [2.24, 2.45) is 10.4 Å². The molecular formula is C20H35IN4O2. The molecule has 1 saturated heterocycles. The number of nitrogens with zero attached hydrogens (tertiary/aromatic N) is 2. The van der Waals surface area contributed by atoms with Crippen LogP contribution in [0.5, 0.6) is 0 Å². The third kappa shape index (κ3) is 7.21. The molecule has 2 atom stereocenters. The molecule has 27 heavy (non-hydrogen) atoms. The maximum atomic E-state index is 9.36. The molecule has 2 unspecified atom stereocenters. The molecular weight excluding hydrogens is 455 g/mol. The SMILES string of the molecule is CN=C(NCC(c1ccc(C)cc1)N(C)C)NCC1(CCO)CCOC1.I. The summed E-state index contributed by atoms with van der Waals surface area (Å²) in [7, 11) is 5.97. The third-order valence-corrected chi connectivity index (χ3v) is 5.23. The summed E-state index contributed by atoms with van der Waals surface area (Å²) in [6.07, 6.45) is 1.72. The molecule has 1 aliphatic rings. The molecule has 0 aliphatic carbocycles. The minimum atomic E-state index is 0. The van der Waals surface area contributed by atoms with Crippen LogP contribution in [0.2, 0.25) is 0 Å². The number of hydrogen-bond acceptors (Lipinski definition) is 4. The Morgan fingerprint density at radius 2 is 2.00 bits per heavy atom. The summed E-state index contributed by atoms with van der Waals surface area (Å²) in [6, 6.07) is 8.93. The van der Waals surface area contributed by atoms with Gasteiger partial charge in [0.1, 0.15) is 0 Å². The number of guanidine groups is 1. The van der Waals surface area contributed by atoms with E-state index in [0.717, 1.165) is 38.5 Å². The van der Waals surface area contributed by atoms with Gasteiger partial charge in [0.15, 0.2) is 5.96 Å². The third-order valence-electron chi connectivity index (χ3n) is 5.23. The number of aliphatic hydroxyl groups excluding tert-OH is 1. The number of aliphatic imine (C=N–C) groups is 1. The zero-order chi connectivity index (χ0) is 19.0. The number of nitrogens with one attached hydrogen (secondary N) is 2. The second kappa shape index (κ2) is 11.8. The van der Waals surface area contributed by atoms with E-state index < -0.39 is 0 Å². The molecule has 0 bridgehead atoms. The van der Waals surface area contributed by atoms with Gasteiger partial charge in [-0.15, -0.1) is 24.0 Å². The fourth-order valence-corrected chi connectivity index (χ4v) is 3.38. The van der Waals surface area contributed by atoms with Crippen LogP contribution in [0.25, 0.3) is 0 Å². The van der Waals surface area contributed by atoms with Crippen LogP contribution in [0, 0.1) is 12.3 Å². The Hall–Kier alpha value is -0.900. The van der Waals surface area contributed by atoms with Crippen LogP contribution in [0.4, 0.5) is 0 Å². The highest BCUT2D eigenvalue weighted by Gasteiger charge is 2.34. The first-order chi connectivity index (χ1) is 12.5. The fourth-order valence-electron chi connectivity index (χ4n) is 3.38. The molecule has 6 nitrogen and oxygen atoms in total.